The topological polar surface area (TPSA) is 55.6 Å². The first-order valence-corrected chi connectivity index (χ1v) is 15.3. The molecule has 0 amide bonds. The lowest BCUT2D eigenvalue weighted by Gasteiger charge is -2.27. The van der Waals surface area contributed by atoms with Crippen molar-refractivity contribution in [3.8, 4) is 11.5 Å². The van der Waals surface area contributed by atoms with Crippen LogP contribution in [0.25, 0.3) is 77.2 Å². The van der Waals surface area contributed by atoms with Crippen molar-refractivity contribution in [1.82, 2.24) is 4.98 Å². The van der Waals surface area contributed by atoms with Gasteiger partial charge in [-0.1, -0.05) is 78.9 Å². The Morgan fingerprint density at radius 3 is 1.80 bits per heavy atom. The summed E-state index contributed by atoms with van der Waals surface area (Å²) in [6, 6.07) is 49.7. The Morgan fingerprint density at radius 2 is 1.00 bits per heavy atom. The first kappa shape index (κ1) is 25.0. The lowest BCUT2D eigenvalue weighted by Crippen LogP contribution is -2.10. The van der Waals surface area contributed by atoms with E-state index in [-0.39, 0.29) is 0 Å². The molecular weight excluding hydrogens is 568 g/mol. The van der Waals surface area contributed by atoms with E-state index in [1.165, 1.54) is 0 Å². The molecule has 5 nitrogen and oxygen atoms in total. The average Bonchev–Trinajstić information content (AvgIpc) is 3.82. The van der Waals surface area contributed by atoms with Gasteiger partial charge in [0.1, 0.15) is 27.8 Å². The van der Waals surface area contributed by atoms with Gasteiger partial charge in [0.05, 0.1) is 5.69 Å². The van der Waals surface area contributed by atoms with Crippen LogP contribution in [0.3, 0.4) is 0 Å². The molecule has 0 aliphatic heterocycles. The normalized spacial score (nSPS) is 11.9. The van der Waals surface area contributed by atoms with Crippen LogP contribution in [0.5, 0.6) is 0 Å². The van der Waals surface area contributed by atoms with Crippen LogP contribution < -0.4 is 4.90 Å². The molecule has 0 aliphatic rings. The van der Waals surface area contributed by atoms with E-state index in [0.717, 1.165) is 88.4 Å². The molecule has 0 fully saturated rings. The van der Waals surface area contributed by atoms with E-state index >= 15 is 0 Å². The molecule has 0 radical (unpaired) electrons. The van der Waals surface area contributed by atoms with Gasteiger partial charge in [0.25, 0.3) is 0 Å². The van der Waals surface area contributed by atoms with Crippen molar-refractivity contribution < 1.29 is 13.3 Å². The highest BCUT2D eigenvalue weighted by Gasteiger charge is 2.22. The summed E-state index contributed by atoms with van der Waals surface area (Å²) in [6.45, 7) is 0. The van der Waals surface area contributed by atoms with Gasteiger partial charge in [-0.25, -0.2) is 4.98 Å². The van der Waals surface area contributed by atoms with E-state index in [4.69, 9.17) is 18.2 Å². The lowest BCUT2D eigenvalue weighted by atomic mass is 10.0. The minimum atomic E-state index is 0.597. The van der Waals surface area contributed by atoms with Crippen LogP contribution in [0.15, 0.2) is 159 Å². The summed E-state index contributed by atoms with van der Waals surface area (Å²) in [5.74, 6) is 0.597. The second kappa shape index (κ2) is 9.58. The second-order valence-corrected chi connectivity index (χ2v) is 11.6. The molecule has 7 aromatic carbocycles. The van der Waals surface area contributed by atoms with E-state index in [2.05, 4.69) is 77.7 Å². The van der Waals surface area contributed by atoms with E-state index < -0.39 is 0 Å². The molecule has 0 saturated carbocycles. The number of rotatable bonds is 4. The van der Waals surface area contributed by atoms with Gasteiger partial charge in [0, 0.05) is 55.3 Å². The fourth-order valence-electron chi connectivity index (χ4n) is 6.76. The Morgan fingerprint density at radius 1 is 0.413 bits per heavy atom. The summed E-state index contributed by atoms with van der Waals surface area (Å²) in [5.41, 5.74) is 8.86. The first-order chi connectivity index (χ1) is 22.8. The van der Waals surface area contributed by atoms with E-state index in [9.17, 15) is 0 Å². The second-order valence-electron chi connectivity index (χ2n) is 11.6. The predicted octanol–water partition coefficient (Wildman–Crippen LogP) is 11.9. The molecule has 0 aliphatic carbocycles. The molecule has 3 aromatic heterocycles. The minimum Gasteiger partial charge on any atom is -0.456 e. The molecule has 216 valence electrons. The number of para-hydroxylation sites is 2. The molecular formula is C41H24N2O3. The van der Waals surface area contributed by atoms with Crippen LogP contribution in [0.1, 0.15) is 0 Å². The van der Waals surface area contributed by atoms with E-state index in [1.54, 1.807) is 0 Å². The number of fused-ring (bicyclic) bond motifs is 9. The number of aromatic nitrogens is 1. The molecule has 0 spiro atoms. The third kappa shape index (κ3) is 3.72. The summed E-state index contributed by atoms with van der Waals surface area (Å²) >= 11 is 0. The van der Waals surface area contributed by atoms with E-state index in [0.29, 0.717) is 5.89 Å². The molecule has 46 heavy (non-hydrogen) atoms. The molecule has 0 N–H and O–H groups in total. The van der Waals surface area contributed by atoms with Crippen LogP contribution in [0.2, 0.25) is 0 Å². The van der Waals surface area contributed by atoms with Crippen molar-refractivity contribution in [2.75, 3.05) is 4.90 Å². The van der Waals surface area contributed by atoms with Crippen LogP contribution in [-0.4, -0.2) is 4.98 Å². The van der Waals surface area contributed by atoms with Crippen LogP contribution in [-0.2, 0) is 0 Å². The molecule has 0 unspecified atom stereocenters. The Bertz CT molecular complexity index is 2770. The van der Waals surface area contributed by atoms with Crippen LogP contribution in [0.4, 0.5) is 17.1 Å². The van der Waals surface area contributed by atoms with Crippen molar-refractivity contribution in [1.29, 1.82) is 0 Å². The maximum atomic E-state index is 6.44. The quantitative estimate of drug-likeness (QED) is 0.203. The van der Waals surface area contributed by atoms with E-state index in [1.807, 2.05) is 72.8 Å². The summed E-state index contributed by atoms with van der Waals surface area (Å²) in [6.07, 6.45) is 0. The highest BCUT2D eigenvalue weighted by atomic mass is 16.3. The molecule has 5 heteroatoms. The number of oxazole rings is 1. The fraction of sp³-hybridized carbons (Fsp3) is 0. The maximum absolute atomic E-state index is 6.44. The van der Waals surface area contributed by atoms with Gasteiger partial charge >= 0.3 is 0 Å². The summed E-state index contributed by atoms with van der Waals surface area (Å²) in [4.78, 5) is 7.28. The van der Waals surface area contributed by atoms with Gasteiger partial charge in [-0.3, -0.25) is 0 Å². The monoisotopic (exact) mass is 592 g/mol. The molecule has 10 rings (SSSR count). The van der Waals surface area contributed by atoms with Gasteiger partial charge in [0.2, 0.25) is 5.89 Å². The van der Waals surface area contributed by atoms with Gasteiger partial charge in [-0.2, -0.15) is 0 Å². The van der Waals surface area contributed by atoms with Crippen molar-refractivity contribution in [2.24, 2.45) is 0 Å². The average molecular weight is 593 g/mol. The summed E-state index contributed by atoms with van der Waals surface area (Å²) in [7, 11) is 0. The van der Waals surface area contributed by atoms with Crippen molar-refractivity contribution in [3.63, 3.8) is 0 Å². The zero-order valence-corrected chi connectivity index (χ0v) is 24.5. The minimum absolute atomic E-state index is 0.597. The lowest BCUT2D eigenvalue weighted by molar-refractivity contribution is 0.623. The first-order valence-electron chi connectivity index (χ1n) is 15.3. The molecule has 0 saturated heterocycles. The third-order valence-corrected chi connectivity index (χ3v) is 8.88. The third-order valence-electron chi connectivity index (χ3n) is 8.88. The largest absolute Gasteiger partial charge is 0.456 e. The molecule has 10 aromatic rings. The SMILES string of the molecule is c1ccc(-c2nc3cc(N(c4ccc5c(c4)oc4ccccc45)c4ccc5oc6ccccc6c5c4)c4ccccc4c3o2)cc1. The number of nitrogens with zero attached hydrogens (tertiary/aromatic N) is 2. The maximum Gasteiger partial charge on any atom is 0.227 e. The van der Waals surface area contributed by atoms with Gasteiger partial charge in [-0.15, -0.1) is 0 Å². The number of furan rings is 2. The summed E-state index contributed by atoms with van der Waals surface area (Å²) in [5, 5.41) is 6.36. The van der Waals surface area contributed by atoms with Gasteiger partial charge in [0.15, 0.2) is 5.58 Å². The van der Waals surface area contributed by atoms with Crippen molar-refractivity contribution in [3.05, 3.63) is 146 Å². The van der Waals surface area contributed by atoms with Gasteiger partial charge < -0.3 is 18.2 Å². The van der Waals surface area contributed by atoms with Crippen LogP contribution >= 0.6 is 0 Å². The highest BCUT2D eigenvalue weighted by molar-refractivity contribution is 6.13. The molecule has 0 atom stereocenters. The molecule has 3 heterocycles. The Labute approximate surface area is 262 Å². The zero-order valence-electron chi connectivity index (χ0n) is 24.5. The number of hydrogen-bond acceptors (Lipinski definition) is 5. The van der Waals surface area contributed by atoms with Crippen LogP contribution in [0, 0.1) is 0 Å². The Balaban J connectivity index is 1.27. The number of benzene rings is 7. The fourth-order valence-corrected chi connectivity index (χ4v) is 6.76. The Kier molecular flexibility index (Phi) is 5.22. The molecule has 0 bridgehead atoms. The number of anilines is 3. The standard InChI is InChI=1S/C41H24N2O3/c1-2-10-25(11-3-1)41-42-34-24-35(28-12-4-5-15-32(28)40(34)46-41)43(26-19-21-38-33(22-26)30-14-7-9-17-37(30)44-38)27-18-20-31-29-13-6-8-16-36(29)45-39(31)23-27/h1-24H. The Hall–Kier alpha value is -6.33. The van der Waals surface area contributed by atoms with Crippen molar-refractivity contribution >= 4 is 82.8 Å². The highest BCUT2D eigenvalue weighted by Crippen LogP contribution is 2.45. The number of hydrogen-bond donors (Lipinski definition) is 0. The van der Waals surface area contributed by atoms with Gasteiger partial charge in [-0.05, 0) is 60.7 Å². The summed E-state index contributed by atoms with van der Waals surface area (Å²) < 4.78 is 19.0. The zero-order chi connectivity index (χ0) is 30.2. The predicted molar refractivity (Wildman–Crippen MR) is 186 cm³/mol. The van der Waals surface area contributed by atoms with Crippen molar-refractivity contribution in [2.45, 2.75) is 0 Å². The smallest absolute Gasteiger partial charge is 0.227 e.